The summed E-state index contributed by atoms with van der Waals surface area (Å²) in [7, 11) is 2.14. The summed E-state index contributed by atoms with van der Waals surface area (Å²) in [5.74, 6) is 1.00. The minimum Gasteiger partial charge on any atom is -0.354 e. The predicted molar refractivity (Wildman–Crippen MR) is 106 cm³/mol. The maximum absolute atomic E-state index is 12.1. The summed E-state index contributed by atoms with van der Waals surface area (Å²) in [6.45, 7) is 6.67. The van der Waals surface area contributed by atoms with Crippen molar-refractivity contribution in [1.82, 2.24) is 15.2 Å². The van der Waals surface area contributed by atoms with Gasteiger partial charge in [-0.1, -0.05) is 25.1 Å². The highest BCUT2D eigenvalue weighted by Gasteiger charge is 2.14. The van der Waals surface area contributed by atoms with Crippen LogP contribution in [0.1, 0.15) is 18.1 Å². The molecule has 1 fully saturated rings. The highest BCUT2D eigenvalue weighted by molar-refractivity contribution is 5.89. The Kier molecular flexibility index (Phi) is 6.07. The number of anilines is 2. The first-order valence-electron chi connectivity index (χ1n) is 9.16. The molecule has 0 spiro atoms. The number of aryl methyl sites for hydroxylation is 1. The number of carbonyl (C=O) groups is 1. The van der Waals surface area contributed by atoms with Crippen molar-refractivity contribution in [2.24, 2.45) is 0 Å². The van der Waals surface area contributed by atoms with E-state index in [4.69, 9.17) is 0 Å². The molecule has 1 aliphatic rings. The summed E-state index contributed by atoms with van der Waals surface area (Å²) >= 11 is 0. The van der Waals surface area contributed by atoms with Crippen LogP contribution in [0.15, 0.2) is 42.6 Å². The van der Waals surface area contributed by atoms with Gasteiger partial charge in [-0.2, -0.15) is 0 Å². The second kappa shape index (κ2) is 8.67. The number of pyridine rings is 1. The zero-order valence-corrected chi connectivity index (χ0v) is 15.5. The van der Waals surface area contributed by atoms with Crippen molar-refractivity contribution in [3.8, 4) is 0 Å². The molecule has 1 aliphatic heterocycles. The van der Waals surface area contributed by atoms with E-state index in [1.165, 1.54) is 5.56 Å². The fourth-order valence-electron chi connectivity index (χ4n) is 2.97. The molecule has 26 heavy (non-hydrogen) atoms. The van der Waals surface area contributed by atoms with Crippen LogP contribution in [0, 0.1) is 0 Å². The number of amides is 2. The monoisotopic (exact) mass is 353 g/mol. The molecule has 1 saturated heterocycles. The molecule has 6 nitrogen and oxygen atoms in total. The van der Waals surface area contributed by atoms with Gasteiger partial charge in [-0.3, -0.25) is 0 Å². The zero-order valence-electron chi connectivity index (χ0n) is 15.5. The summed E-state index contributed by atoms with van der Waals surface area (Å²) in [6.07, 6.45) is 2.79. The fraction of sp³-hybridized carbons (Fsp3) is 0.400. The lowest BCUT2D eigenvalue weighted by Crippen LogP contribution is -2.44. The van der Waals surface area contributed by atoms with E-state index in [9.17, 15) is 4.79 Å². The van der Waals surface area contributed by atoms with Gasteiger partial charge in [0.1, 0.15) is 5.82 Å². The average Bonchev–Trinajstić information content (AvgIpc) is 2.67. The number of aromatic nitrogens is 1. The van der Waals surface area contributed by atoms with Crippen LogP contribution >= 0.6 is 0 Å². The first-order chi connectivity index (χ1) is 12.6. The maximum Gasteiger partial charge on any atom is 0.319 e. The number of urea groups is 1. The Hall–Kier alpha value is -2.60. The average molecular weight is 353 g/mol. The first kappa shape index (κ1) is 18.2. The Bertz CT molecular complexity index is 723. The summed E-state index contributed by atoms with van der Waals surface area (Å²) < 4.78 is 0. The van der Waals surface area contributed by atoms with Gasteiger partial charge >= 0.3 is 6.03 Å². The van der Waals surface area contributed by atoms with Gasteiger partial charge < -0.3 is 20.4 Å². The van der Waals surface area contributed by atoms with Crippen molar-refractivity contribution in [2.45, 2.75) is 19.9 Å². The minimum absolute atomic E-state index is 0.207. The minimum atomic E-state index is -0.207. The van der Waals surface area contributed by atoms with Gasteiger partial charge in [0.05, 0.1) is 0 Å². The highest BCUT2D eigenvalue weighted by atomic mass is 16.2. The van der Waals surface area contributed by atoms with E-state index in [0.717, 1.165) is 49.7 Å². The van der Waals surface area contributed by atoms with E-state index < -0.39 is 0 Å². The number of likely N-dealkylation sites (N-methyl/N-ethyl adjacent to an activating group) is 1. The number of hydrogen-bond donors (Lipinski definition) is 2. The topological polar surface area (TPSA) is 60.5 Å². The van der Waals surface area contributed by atoms with Gasteiger partial charge in [0.25, 0.3) is 0 Å². The third kappa shape index (κ3) is 4.95. The van der Waals surface area contributed by atoms with Crippen molar-refractivity contribution >= 4 is 17.5 Å². The lowest BCUT2D eigenvalue weighted by atomic mass is 10.1. The predicted octanol–water partition coefficient (Wildman–Crippen LogP) is 2.72. The Morgan fingerprint density at radius 2 is 1.92 bits per heavy atom. The molecule has 6 heteroatoms. The first-order valence-corrected chi connectivity index (χ1v) is 9.16. The van der Waals surface area contributed by atoms with E-state index in [0.29, 0.717) is 6.54 Å². The Balaban J connectivity index is 1.49. The van der Waals surface area contributed by atoms with Crippen molar-refractivity contribution in [3.63, 3.8) is 0 Å². The molecule has 3 rings (SSSR count). The van der Waals surface area contributed by atoms with Gasteiger partial charge in [-0.25, -0.2) is 9.78 Å². The quantitative estimate of drug-likeness (QED) is 0.868. The van der Waals surface area contributed by atoms with Crippen LogP contribution < -0.4 is 15.5 Å². The fourth-order valence-corrected chi connectivity index (χ4v) is 2.97. The van der Waals surface area contributed by atoms with Gasteiger partial charge in [0.15, 0.2) is 0 Å². The molecule has 0 unspecified atom stereocenters. The molecule has 2 heterocycles. The molecule has 2 N–H and O–H groups in total. The van der Waals surface area contributed by atoms with Crippen LogP contribution in [-0.4, -0.2) is 49.1 Å². The summed E-state index contributed by atoms with van der Waals surface area (Å²) in [5.41, 5.74) is 3.00. The van der Waals surface area contributed by atoms with Crippen LogP contribution in [0.4, 0.5) is 16.3 Å². The smallest absolute Gasteiger partial charge is 0.319 e. The van der Waals surface area contributed by atoms with Gasteiger partial charge in [0.2, 0.25) is 0 Å². The van der Waals surface area contributed by atoms with Crippen molar-refractivity contribution < 1.29 is 4.79 Å². The zero-order chi connectivity index (χ0) is 18.4. The number of nitrogens with one attached hydrogen (secondary N) is 2. The number of hydrogen-bond acceptors (Lipinski definition) is 4. The molecule has 0 aliphatic carbocycles. The maximum atomic E-state index is 12.1. The third-order valence-corrected chi connectivity index (χ3v) is 4.68. The largest absolute Gasteiger partial charge is 0.354 e. The number of piperazine rings is 1. The Morgan fingerprint density at radius 3 is 2.62 bits per heavy atom. The van der Waals surface area contributed by atoms with Crippen LogP contribution in [-0.2, 0) is 13.0 Å². The molecule has 1 aromatic carbocycles. The molecular weight excluding hydrogens is 326 g/mol. The number of carbonyl (C=O) groups excluding carboxylic acids is 1. The lowest BCUT2D eigenvalue weighted by molar-refractivity contribution is 0.251. The second-order valence-electron chi connectivity index (χ2n) is 6.68. The van der Waals surface area contributed by atoms with Crippen LogP contribution in [0.2, 0.25) is 0 Å². The molecule has 0 saturated carbocycles. The summed E-state index contributed by atoms with van der Waals surface area (Å²) in [4.78, 5) is 21.2. The second-order valence-corrected chi connectivity index (χ2v) is 6.68. The molecule has 0 atom stereocenters. The van der Waals surface area contributed by atoms with Crippen molar-refractivity contribution in [2.75, 3.05) is 43.4 Å². The van der Waals surface area contributed by atoms with Gasteiger partial charge in [-0.05, 0) is 42.8 Å². The SMILES string of the molecule is CCc1cccc(NC(=O)NCc2ccc(N3CCN(C)CC3)nc2)c1. The van der Waals surface area contributed by atoms with E-state index >= 15 is 0 Å². The molecule has 0 radical (unpaired) electrons. The van der Waals surface area contributed by atoms with E-state index in [1.807, 2.05) is 36.5 Å². The van der Waals surface area contributed by atoms with E-state index in [1.54, 1.807) is 0 Å². The standard InChI is InChI=1S/C20H27N5O/c1-3-16-5-4-6-18(13-16)23-20(26)22-15-17-7-8-19(21-14-17)25-11-9-24(2)10-12-25/h4-8,13-14H,3,9-12,15H2,1-2H3,(H2,22,23,26). The molecule has 1 aromatic heterocycles. The third-order valence-electron chi connectivity index (χ3n) is 4.68. The molecule has 0 bridgehead atoms. The lowest BCUT2D eigenvalue weighted by Gasteiger charge is -2.33. The Labute approximate surface area is 155 Å². The summed E-state index contributed by atoms with van der Waals surface area (Å²) in [5, 5.41) is 5.75. The van der Waals surface area contributed by atoms with Crippen LogP contribution in [0.5, 0.6) is 0 Å². The Morgan fingerprint density at radius 1 is 1.12 bits per heavy atom. The van der Waals surface area contributed by atoms with E-state index in [2.05, 4.69) is 45.5 Å². The van der Waals surface area contributed by atoms with Crippen LogP contribution in [0.3, 0.4) is 0 Å². The normalized spacial score (nSPS) is 14.9. The van der Waals surface area contributed by atoms with Crippen molar-refractivity contribution in [3.05, 3.63) is 53.7 Å². The number of nitrogens with zero attached hydrogens (tertiary/aromatic N) is 3. The van der Waals surface area contributed by atoms with Gasteiger partial charge in [0, 0.05) is 44.6 Å². The van der Waals surface area contributed by atoms with Crippen LogP contribution in [0.25, 0.3) is 0 Å². The van der Waals surface area contributed by atoms with E-state index in [-0.39, 0.29) is 6.03 Å². The number of rotatable bonds is 5. The van der Waals surface area contributed by atoms with Crippen molar-refractivity contribution in [1.29, 1.82) is 0 Å². The number of benzene rings is 1. The molecule has 2 aromatic rings. The summed E-state index contributed by atoms with van der Waals surface area (Å²) in [6, 6.07) is 11.7. The highest BCUT2D eigenvalue weighted by Crippen LogP contribution is 2.14. The molecule has 138 valence electrons. The molecular formula is C20H27N5O. The molecule has 2 amide bonds. The van der Waals surface area contributed by atoms with Gasteiger partial charge in [-0.15, -0.1) is 0 Å².